The molecule has 0 fully saturated rings. The highest BCUT2D eigenvalue weighted by Gasteiger charge is 2.24. The summed E-state index contributed by atoms with van der Waals surface area (Å²) in [5, 5.41) is 11.2. The highest BCUT2D eigenvalue weighted by molar-refractivity contribution is 5.96. The standard InChI is InChI=1S/C18H19NO3/c20-18(16-11-5-2-6-12-16)14-17(19(21)22)13-7-10-15-8-3-1-4-9-15/h1-6,8-9,11-12,17H,7,10,13-14H2. The van der Waals surface area contributed by atoms with E-state index in [0.717, 1.165) is 6.42 Å². The molecule has 0 radical (unpaired) electrons. The summed E-state index contributed by atoms with van der Waals surface area (Å²) in [4.78, 5) is 22.9. The minimum absolute atomic E-state index is 0.0359. The number of nitrogens with zero attached hydrogens (tertiary/aromatic N) is 1. The fourth-order valence-electron chi connectivity index (χ4n) is 2.42. The minimum Gasteiger partial charge on any atom is -0.294 e. The second-order valence-electron chi connectivity index (χ2n) is 5.31. The van der Waals surface area contributed by atoms with E-state index in [1.54, 1.807) is 24.3 Å². The van der Waals surface area contributed by atoms with Crippen LogP contribution in [0.5, 0.6) is 0 Å². The van der Waals surface area contributed by atoms with Crippen molar-refractivity contribution in [2.75, 3.05) is 0 Å². The molecule has 0 aromatic heterocycles. The highest BCUT2D eigenvalue weighted by Crippen LogP contribution is 2.14. The fourth-order valence-corrected chi connectivity index (χ4v) is 2.42. The second-order valence-corrected chi connectivity index (χ2v) is 5.31. The van der Waals surface area contributed by atoms with Crippen molar-refractivity contribution in [2.24, 2.45) is 0 Å². The Morgan fingerprint density at radius 3 is 2.18 bits per heavy atom. The molecule has 0 aliphatic carbocycles. The molecule has 0 N–H and O–H groups in total. The summed E-state index contributed by atoms with van der Waals surface area (Å²) in [5.74, 6) is -0.165. The normalized spacial score (nSPS) is 11.8. The van der Waals surface area contributed by atoms with Gasteiger partial charge in [-0.05, 0) is 18.4 Å². The van der Waals surface area contributed by atoms with E-state index in [9.17, 15) is 14.9 Å². The summed E-state index contributed by atoms with van der Waals surface area (Å²) in [5.41, 5.74) is 1.70. The van der Waals surface area contributed by atoms with E-state index < -0.39 is 6.04 Å². The van der Waals surface area contributed by atoms with Gasteiger partial charge in [0.2, 0.25) is 6.04 Å². The van der Waals surface area contributed by atoms with Crippen molar-refractivity contribution in [3.8, 4) is 0 Å². The SMILES string of the molecule is O=C(CC(CCCc1ccccc1)[N+](=O)[O-])c1ccccc1. The summed E-state index contributed by atoms with van der Waals surface area (Å²) in [6, 6.07) is 17.8. The summed E-state index contributed by atoms with van der Waals surface area (Å²) < 4.78 is 0. The molecule has 0 spiro atoms. The van der Waals surface area contributed by atoms with Crippen molar-refractivity contribution in [1.29, 1.82) is 0 Å². The van der Waals surface area contributed by atoms with Crippen LogP contribution in [0.1, 0.15) is 35.2 Å². The van der Waals surface area contributed by atoms with E-state index in [0.29, 0.717) is 18.4 Å². The van der Waals surface area contributed by atoms with Crippen LogP contribution >= 0.6 is 0 Å². The number of hydrogen-bond acceptors (Lipinski definition) is 3. The Bertz CT molecular complexity index is 611. The molecule has 4 heteroatoms. The first kappa shape index (κ1) is 15.9. The number of benzene rings is 2. The van der Waals surface area contributed by atoms with Crippen LogP contribution in [0.25, 0.3) is 0 Å². The monoisotopic (exact) mass is 297 g/mol. The van der Waals surface area contributed by atoms with Gasteiger partial charge in [0, 0.05) is 16.9 Å². The Labute approximate surface area is 129 Å². The number of carbonyl (C=O) groups is 1. The van der Waals surface area contributed by atoms with Gasteiger partial charge < -0.3 is 0 Å². The van der Waals surface area contributed by atoms with E-state index in [2.05, 4.69) is 0 Å². The maximum absolute atomic E-state index is 12.1. The maximum atomic E-state index is 12.1. The van der Waals surface area contributed by atoms with Crippen LogP contribution in [0.15, 0.2) is 60.7 Å². The third kappa shape index (κ3) is 4.81. The molecular weight excluding hydrogens is 278 g/mol. The number of nitro groups is 1. The molecule has 0 saturated carbocycles. The third-order valence-electron chi connectivity index (χ3n) is 3.66. The first-order valence-electron chi connectivity index (χ1n) is 7.42. The van der Waals surface area contributed by atoms with Crippen LogP contribution in [0, 0.1) is 10.1 Å². The second kappa shape index (κ2) is 8.08. The van der Waals surface area contributed by atoms with Crippen LogP contribution in [0.2, 0.25) is 0 Å². The van der Waals surface area contributed by atoms with Gasteiger partial charge in [-0.25, -0.2) is 0 Å². The Morgan fingerprint density at radius 1 is 1.00 bits per heavy atom. The van der Waals surface area contributed by atoms with Gasteiger partial charge in [-0.15, -0.1) is 0 Å². The largest absolute Gasteiger partial charge is 0.294 e. The average molecular weight is 297 g/mol. The lowest BCUT2D eigenvalue weighted by Crippen LogP contribution is -2.23. The van der Waals surface area contributed by atoms with Crippen LogP contribution in [0.3, 0.4) is 0 Å². The van der Waals surface area contributed by atoms with Gasteiger partial charge in [-0.1, -0.05) is 60.7 Å². The maximum Gasteiger partial charge on any atom is 0.220 e. The quantitative estimate of drug-likeness (QED) is 0.421. The Morgan fingerprint density at radius 2 is 1.59 bits per heavy atom. The molecule has 114 valence electrons. The molecule has 0 bridgehead atoms. The van der Waals surface area contributed by atoms with Crippen LogP contribution in [0.4, 0.5) is 0 Å². The molecule has 0 amide bonds. The molecule has 0 saturated heterocycles. The van der Waals surface area contributed by atoms with Crippen LogP contribution in [-0.4, -0.2) is 16.7 Å². The van der Waals surface area contributed by atoms with Crippen molar-refractivity contribution in [1.82, 2.24) is 0 Å². The van der Waals surface area contributed by atoms with Crippen molar-refractivity contribution in [3.63, 3.8) is 0 Å². The van der Waals surface area contributed by atoms with E-state index in [1.165, 1.54) is 5.56 Å². The molecule has 2 aromatic rings. The Balaban J connectivity index is 1.87. The van der Waals surface area contributed by atoms with Gasteiger partial charge in [0.1, 0.15) is 0 Å². The molecule has 0 aliphatic rings. The van der Waals surface area contributed by atoms with E-state index in [-0.39, 0.29) is 17.1 Å². The number of aryl methyl sites for hydroxylation is 1. The molecular formula is C18H19NO3. The predicted octanol–water partition coefficient (Wildman–Crippen LogP) is 3.93. The highest BCUT2D eigenvalue weighted by atomic mass is 16.6. The minimum atomic E-state index is -0.809. The summed E-state index contributed by atoms with van der Waals surface area (Å²) in [6.45, 7) is 0. The summed E-state index contributed by atoms with van der Waals surface area (Å²) in [7, 11) is 0. The van der Waals surface area contributed by atoms with Crippen molar-refractivity contribution in [2.45, 2.75) is 31.7 Å². The smallest absolute Gasteiger partial charge is 0.220 e. The summed E-state index contributed by atoms with van der Waals surface area (Å²) in [6.07, 6.45) is 1.88. The molecule has 1 unspecified atom stereocenters. The third-order valence-corrected chi connectivity index (χ3v) is 3.66. The molecule has 0 heterocycles. The lowest BCUT2D eigenvalue weighted by Gasteiger charge is -2.09. The average Bonchev–Trinajstić information content (AvgIpc) is 2.55. The van der Waals surface area contributed by atoms with Crippen LogP contribution in [-0.2, 0) is 6.42 Å². The number of Topliss-reactive ketones (excluding diaryl/α,β-unsaturated/α-hetero) is 1. The number of rotatable bonds is 8. The van der Waals surface area contributed by atoms with Gasteiger partial charge >= 0.3 is 0 Å². The van der Waals surface area contributed by atoms with E-state index >= 15 is 0 Å². The van der Waals surface area contributed by atoms with Crippen LogP contribution < -0.4 is 0 Å². The zero-order chi connectivity index (χ0) is 15.8. The van der Waals surface area contributed by atoms with Crippen molar-refractivity contribution in [3.05, 3.63) is 81.9 Å². The van der Waals surface area contributed by atoms with Gasteiger partial charge in [0.05, 0.1) is 6.42 Å². The first-order chi connectivity index (χ1) is 10.7. The topological polar surface area (TPSA) is 60.2 Å². The van der Waals surface area contributed by atoms with Gasteiger partial charge in [0.25, 0.3) is 0 Å². The van der Waals surface area contributed by atoms with Crippen molar-refractivity contribution < 1.29 is 9.72 Å². The number of hydrogen-bond donors (Lipinski definition) is 0. The zero-order valence-electron chi connectivity index (χ0n) is 12.4. The lowest BCUT2D eigenvalue weighted by molar-refractivity contribution is -0.522. The molecule has 22 heavy (non-hydrogen) atoms. The number of carbonyl (C=O) groups excluding carboxylic acids is 1. The molecule has 1 atom stereocenters. The fraction of sp³-hybridized carbons (Fsp3) is 0.278. The first-order valence-corrected chi connectivity index (χ1v) is 7.42. The predicted molar refractivity (Wildman–Crippen MR) is 85.6 cm³/mol. The molecule has 4 nitrogen and oxygen atoms in total. The Kier molecular flexibility index (Phi) is 5.83. The van der Waals surface area contributed by atoms with Crippen molar-refractivity contribution >= 4 is 5.78 Å². The van der Waals surface area contributed by atoms with E-state index in [1.807, 2.05) is 36.4 Å². The van der Waals surface area contributed by atoms with Gasteiger partial charge in [0.15, 0.2) is 5.78 Å². The van der Waals surface area contributed by atoms with Gasteiger partial charge in [-0.3, -0.25) is 14.9 Å². The molecule has 0 aliphatic heterocycles. The zero-order valence-corrected chi connectivity index (χ0v) is 12.4. The Hall–Kier alpha value is -2.49. The summed E-state index contributed by atoms with van der Waals surface area (Å²) >= 11 is 0. The molecule has 2 aromatic carbocycles. The lowest BCUT2D eigenvalue weighted by atomic mass is 9.99. The molecule has 2 rings (SSSR count). The van der Waals surface area contributed by atoms with Gasteiger partial charge in [-0.2, -0.15) is 0 Å². The number of ketones is 1. The van der Waals surface area contributed by atoms with E-state index in [4.69, 9.17) is 0 Å².